The molecule has 0 saturated heterocycles. The first-order valence-electron chi connectivity index (χ1n) is 3.77. The van der Waals surface area contributed by atoms with Crippen LogP contribution in [0.1, 0.15) is 20.3 Å². The third kappa shape index (κ3) is 3.78. The molecule has 0 fully saturated rings. The number of amides is 1. The van der Waals surface area contributed by atoms with Gasteiger partial charge in [0.25, 0.3) is 0 Å². The quantitative estimate of drug-likeness (QED) is 0.567. The van der Waals surface area contributed by atoms with Gasteiger partial charge in [-0.15, -0.1) is 0 Å². The molecule has 0 aliphatic rings. The Morgan fingerprint density at radius 1 is 1.73 bits per heavy atom. The van der Waals surface area contributed by atoms with E-state index < -0.39 is 0 Å². The van der Waals surface area contributed by atoms with Gasteiger partial charge < -0.3 is 11.1 Å². The molecule has 1 amide bonds. The van der Waals surface area contributed by atoms with Crippen molar-refractivity contribution in [2.24, 2.45) is 5.73 Å². The number of nitrogens with two attached hydrogens (primary N) is 1. The van der Waals surface area contributed by atoms with Crippen LogP contribution in [-0.4, -0.2) is 18.5 Å². The molecular weight excluding hydrogens is 140 g/mol. The van der Waals surface area contributed by atoms with E-state index in [4.69, 9.17) is 5.73 Å². The largest absolute Gasteiger partial charge is 0.368 e. The second-order valence-electron chi connectivity index (χ2n) is 2.64. The summed E-state index contributed by atoms with van der Waals surface area (Å²) in [4.78, 5) is 10.7. The van der Waals surface area contributed by atoms with Gasteiger partial charge in [-0.3, -0.25) is 4.79 Å². The van der Waals surface area contributed by atoms with Crippen molar-refractivity contribution in [2.75, 3.05) is 6.54 Å². The van der Waals surface area contributed by atoms with E-state index in [-0.39, 0.29) is 11.9 Å². The van der Waals surface area contributed by atoms with Gasteiger partial charge in [-0.25, -0.2) is 0 Å². The first-order valence-corrected chi connectivity index (χ1v) is 3.77. The summed E-state index contributed by atoms with van der Waals surface area (Å²) < 4.78 is 0. The van der Waals surface area contributed by atoms with Crippen LogP contribution in [0.25, 0.3) is 0 Å². The fourth-order valence-corrected chi connectivity index (χ4v) is 0.806. The number of rotatable bonds is 5. The van der Waals surface area contributed by atoms with Crippen molar-refractivity contribution in [1.82, 2.24) is 5.32 Å². The van der Waals surface area contributed by atoms with Crippen molar-refractivity contribution in [1.29, 1.82) is 0 Å². The summed E-state index contributed by atoms with van der Waals surface area (Å²) in [6.07, 6.45) is 0.983. The minimum atomic E-state index is -0.366. The van der Waals surface area contributed by atoms with Crippen LogP contribution in [0.15, 0.2) is 12.2 Å². The Hall–Kier alpha value is -0.830. The van der Waals surface area contributed by atoms with Gasteiger partial charge in [0.15, 0.2) is 0 Å². The van der Waals surface area contributed by atoms with Crippen LogP contribution in [0.4, 0.5) is 0 Å². The topological polar surface area (TPSA) is 55.1 Å². The van der Waals surface area contributed by atoms with Crippen LogP contribution in [-0.2, 0) is 4.79 Å². The van der Waals surface area contributed by atoms with E-state index in [1.165, 1.54) is 0 Å². The van der Waals surface area contributed by atoms with E-state index >= 15 is 0 Å². The lowest BCUT2D eigenvalue weighted by Crippen LogP contribution is -2.42. The molecule has 3 heteroatoms. The first kappa shape index (κ1) is 10.2. The molecule has 1 unspecified atom stereocenters. The molecule has 3 nitrogen and oxygen atoms in total. The van der Waals surface area contributed by atoms with Gasteiger partial charge in [0.2, 0.25) is 5.91 Å². The summed E-state index contributed by atoms with van der Waals surface area (Å²) in [7, 11) is 0. The Kier molecular flexibility index (Phi) is 4.54. The van der Waals surface area contributed by atoms with Crippen LogP contribution < -0.4 is 11.1 Å². The third-order valence-electron chi connectivity index (χ3n) is 1.38. The number of carbonyl (C=O) groups is 1. The average molecular weight is 156 g/mol. The Morgan fingerprint density at radius 3 is 2.55 bits per heavy atom. The van der Waals surface area contributed by atoms with Crippen LogP contribution >= 0.6 is 0 Å². The molecule has 0 aromatic carbocycles. The molecule has 0 aliphatic carbocycles. The van der Waals surface area contributed by atoms with Gasteiger partial charge in [-0.2, -0.15) is 0 Å². The number of carbonyl (C=O) groups excluding carboxylic acids is 1. The maximum atomic E-state index is 10.7. The molecule has 11 heavy (non-hydrogen) atoms. The summed E-state index contributed by atoms with van der Waals surface area (Å²) in [6.45, 7) is 8.28. The normalized spacial score (nSPS) is 12.5. The Morgan fingerprint density at radius 2 is 2.27 bits per heavy atom. The Bertz CT molecular complexity index is 140. The molecule has 0 rings (SSSR count). The minimum Gasteiger partial charge on any atom is -0.368 e. The molecule has 0 saturated carbocycles. The van der Waals surface area contributed by atoms with Crippen molar-refractivity contribution in [3.8, 4) is 0 Å². The van der Waals surface area contributed by atoms with Gasteiger partial charge >= 0.3 is 0 Å². The van der Waals surface area contributed by atoms with Crippen molar-refractivity contribution < 1.29 is 4.79 Å². The molecule has 0 aromatic rings. The number of nitrogens with one attached hydrogen (secondary N) is 1. The highest BCUT2D eigenvalue weighted by Gasteiger charge is 2.13. The highest BCUT2D eigenvalue weighted by molar-refractivity contribution is 5.82. The summed E-state index contributed by atoms with van der Waals surface area (Å²) in [5, 5.41) is 2.99. The van der Waals surface area contributed by atoms with E-state index in [9.17, 15) is 4.79 Å². The van der Waals surface area contributed by atoms with E-state index in [1.54, 1.807) is 6.92 Å². The Balaban J connectivity index is 3.90. The van der Waals surface area contributed by atoms with E-state index in [0.717, 1.165) is 18.5 Å². The molecule has 0 aliphatic heterocycles. The average Bonchev–Trinajstić information content (AvgIpc) is 1.87. The molecule has 0 spiro atoms. The van der Waals surface area contributed by atoms with Gasteiger partial charge in [0.05, 0.1) is 0 Å². The Labute approximate surface area is 67.7 Å². The third-order valence-corrected chi connectivity index (χ3v) is 1.38. The number of hydrogen-bond acceptors (Lipinski definition) is 2. The summed E-state index contributed by atoms with van der Waals surface area (Å²) in [5.74, 6) is -0.356. The molecule has 64 valence electrons. The maximum absolute atomic E-state index is 10.7. The summed E-state index contributed by atoms with van der Waals surface area (Å²) in [5.41, 5.74) is 5.89. The smallest absolute Gasteiger partial charge is 0.238 e. The molecule has 0 bridgehead atoms. The van der Waals surface area contributed by atoms with Crippen molar-refractivity contribution in [2.45, 2.75) is 26.3 Å². The second-order valence-corrected chi connectivity index (χ2v) is 2.64. The van der Waals surface area contributed by atoms with E-state index in [0.29, 0.717) is 0 Å². The van der Waals surface area contributed by atoms with Gasteiger partial charge in [0.1, 0.15) is 6.04 Å². The fourth-order valence-electron chi connectivity index (χ4n) is 0.806. The number of primary amides is 1. The molecule has 0 heterocycles. The van der Waals surface area contributed by atoms with Crippen LogP contribution in [0.2, 0.25) is 0 Å². The lowest BCUT2D eigenvalue weighted by molar-refractivity contribution is -0.119. The van der Waals surface area contributed by atoms with Crippen LogP contribution in [0, 0.1) is 0 Å². The highest BCUT2D eigenvalue weighted by Crippen LogP contribution is 1.96. The zero-order chi connectivity index (χ0) is 8.85. The molecule has 1 atom stereocenters. The van der Waals surface area contributed by atoms with Crippen LogP contribution in [0.5, 0.6) is 0 Å². The predicted octanol–water partition coefficient (Wildman–Crippen LogP) is 0.416. The highest BCUT2D eigenvalue weighted by atomic mass is 16.1. The SMILES string of the molecule is C=C(C)C(NCCC)C(N)=O. The van der Waals surface area contributed by atoms with Crippen molar-refractivity contribution in [3.63, 3.8) is 0 Å². The summed E-state index contributed by atoms with van der Waals surface area (Å²) in [6, 6.07) is -0.366. The lowest BCUT2D eigenvalue weighted by Gasteiger charge is -2.13. The first-order chi connectivity index (χ1) is 5.09. The molecular formula is C8H16N2O. The molecule has 3 N–H and O–H groups in total. The summed E-state index contributed by atoms with van der Waals surface area (Å²) >= 11 is 0. The lowest BCUT2D eigenvalue weighted by atomic mass is 10.1. The molecule has 0 radical (unpaired) electrons. The van der Waals surface area contributed by atoms with E-state index in [1.807, 2.05) is 6.92 Å². The monoisotopic (exact) mass is 156 g/mol. The van der Waals surface area contributed by atoms with Crippen molar-refractivity contribution >= 4 is 5.91 Å². The zero-order valence-electron chi connectivity index (χ0n) is 7.18. The zero-order valence-corrected chi connectivity index (χ0v) is 7.18. The van der Waals surface area contributed by atoms with Crippen LogP contribution in [0.3, 0.4) is 0 Å². The molecule has 0 aromatic heterocycles. The van der Waals surface area contributed by atoms with Gasteiger partial charge in [-0.05, 0) is 19.9 Å². The standard InChI is InChI=1S/C8H16N2O/c1-4-5-10-7(6(2)3)8(9)11/h7,10H,2,4-5H2,1,3H3,(H2,9,11). The fraction of sp³-hybridized carbons (Fsp3) is 0.625. The number of hydrogen-bond donors (Lipinski definition) is 2. The van der Waals surface area contributed by atoms with Gasteiger partial charge in [-0.1, -0.05) is 19.1 Å². The maximum Gasteiger partial charge on any atom is 0.238 e. The second kappa shape index (κ2) is 4.91. The minimum absolute atomic E-state index is 0.356. The van der Waals surface area contributed by atoms with E-state index in [2.05, 4.69) is 11.9 Å². The predicted molar refractivity (Wildman–Crippen MR) is 46.1 cm³/mol. The van der Waals surface area contributed by atoms with Gasteiger partial charge in [0, 0.05) is 0 Å². The van der Waals surface area contributed by atoms with Crippen molar-refractivity contribution in [3.05, 3.63) is 12.2 Å².